The number of hydrogen-bond acceptors (Lipinski definition) is 4. The number of hydrogen-bond donors (Lipinski definition) is 1. The lowest BCUT2D eigenvalue weighted by molar-refractivity contribution is 0.162. The molecule has 0 bridgehead atoms. The van der Waals surface area contributed by atoms with Gasteiger partial charge in [0, 0.05) is 11.4 Å². The van der Waals surface area contributed by atoms with Gasteiger partial charge in [-0.05, 0) is 19.8 Å². The van der Waals surface area contributed by atoms with E-state index in [0.29, 0.717) is 17.5 Å². The van der Waals surface area contributed by atoms with Gasteiger partial charge < -0.3 is 14.4 Å². The molecule has 1 amide bonds. The third kappa shape index (κ3) is 3.45. The van der Waals surface area contributed by atoms with Crippen molar-refractivity contribution >= 4 is 17.4 Å². The van der Waals surface area contributed by atoms with Gasteiger partial charge in [0.25, 0.3) is 0 Å². The Bertz CT molecular complexity index is 486. The Morgan fingerprint density at radius 2 is 2.26 bits per heavy atom. The minimum atomic E-state index is -0.557. The van der Waals surface area contributed by atoms with Crippen molar-refractivity contribution in [3.8, 4) is 0 Å². The number of amides is 1. The smallest absolute Gasteiger partial charge is 0.436 e. The molecular formula is C13H20N2O3S. The Hall–Kier alpha value is -1.14. The van der Waals surface area contributed by atoms with Crippen molar-refractivity contribution in [3.63, 3.8) is 0 Å². The number of carbonyl (C=O) groups excluding carboxylic acids is 1. The van der Waals surface area contributed by atoms with Crippen LogP contribution in [0.2, 0.25) is 0 Å². The van der Waals surface area contributed by atoms with E-state index in [1.54, 1.807) is 6.92 Å². The van der Waals surface area contributed by atoms with E-state index in [2.05, 4.69) is 4.99 Å². The van der Waals surface area contributed by atoms with E-state index in [1.165, 1.54) is 30.6 Å². The fourth-order valence-corrected chi connectivity index (χ4v) is 3.45. The van der Waals surface area contributed by atoms with Crippen molar-refractivity contribution in [1.29, 1.82) is 0 Å². The lowest BCUT2D eigenvalue weighted by atomic mass is 9.95. The number of aliphatic hydroxyl groups is 1. The van der Waals surface area contributed by atoms with Gasteiger partial charge in [0.05, 0.1) is 18.9 Å². The van der Waals surface area contributed by atoms with Gasteiger partial charge in [-0.15, -0.1) is 16.3 Å². The summed E-state index contributed by atoms with van der Waals surface area (Å²) >= 11 is 1.38. The van der Waals surface area contributed by atoms with Gasteiger partial charge >= 0.3 is 6.09 Å². The number of thiazole rings is 1. The average Bonchev–Trinajstić information content (AvgIpc) is 2.82. The molecular weight excluding hydrogens is 264 g/mol. The molecule has 1 fully saturated rings. The van der Waals surface area contributed by atoms with Gasteiger partial charge in [0.15, 0.2) is 4.80 Å². The molecule has 0 saturated heterocycles. The van der Waals surface area contributed by atoms with Crippen LogP contribution in [0.1, 0.15) is 50.8 Å². The fourth-order valence-electron chi connectivity index (χ4n) is 2.51. The predicted molar refractivity (Wildman–Crippen MR) is 72.9 cm³/mol. The summed E-state index contributed by atoms with van der Waals surface area (Å²) in [6.07, 6.45) is 5.26. The minimum Gasteiger partial charge on any atom is -0.448 e. The van der Waals surface area contributed by atoms with Crippen molar-refractivity contribution in [2.24, 2.45) is 4.99 Å². The van der Waals surface area contributed by atoms with Crippen LogP contribution in [0.5, 0.6) is 0 Å². The molecule has 1 saturated carbocycles. The Balaban J connectivity index is 2.33. The highest BCUT2D eigenvalue weighted by Crippen LogP contribution is 2.28. The minimum absolute atomic E-state index is 0.0225. The molecule has 0 aliphatic heterocycles. The molecule has 1 aliphatic carbocycles. The van der Waals surface area contributed by atoms with Crippen LogP contribution in [0, 0.1) is 0 Å². The second kappa shape index (κ2) is 6.86. The summed E-state index contributed by atoms with van der Waals surface area (Å²) < 4.78 is 6.87. The molecule has 19 heavy (non-hydrogen) atoms. The number of carbonyl (C=O) groups is 1. The highest BCUT2D eigenvalue weighted by atomic mass is 32.1. The quantitative estimate of drug-likeness (QED) is 0.928. The number of nitrogens with zero attached hydrogens (tertiary/aromatic N) is 2. The summed E-state index contributed by atoms with van der Waals surface area (Å²) in [7, 11) is 0. The van der Waals surface area contributed by atoms with E-state index in [1.807, 2.05) is 9.95 Å². The monoisotopic (exact) mass is 284 g/mol. The summed E-state index contributed by atoms with van der Waals surface area (Å²) in [6, 6.07) is 0.343. The Morgan fingerprint density at radius 3 is 2.89 bits per heavy atom. The van der Waals surface area contributed by atoms with Gasteiger partial charge in [-0.3, -0.25) is 0 Å². The van der Waals surface area contributed by atoms with E-state index in [0.717, 1.165) is 18.5 Å². The molecule has 0 atom stereocenters. The predicted octanol–water partition coefficient (Wildman–Crippen LogP) is 2.60. The number of rotatable bonds is 3. The zero-order chi connectivity index (χ0) is 13.7. The van der Waals surface area contributed by atoms with Crippen molar-refractivity contribution < 1.29 is 14.6 Å². The van der Waals surface area contributed by atoms with Crippen molar-refractivity contribution in [1.82, 2.24) is 4.57 Å². The second-order valence-corrected chi connectivity index (χ2v) is 5.48. The number of ether oxygens (including phenoxy) is 1. The SMILES string of the molecule is CCOC(=O)/N=c1\scc(CO)n1C1CCCCC1. The number of aliphatic hydroxyl groups excluding tert-OH is 1. The molecule has 1 aromatic heterocycles. The molecule has 0 radical (unpaired) electrons. The summed E-state index contributed by atoms with van der Waals surface area (Å²) in [5, 5.41) is 11.3. The Morgan fingerprint density at radius 1 is 1.53 bits per heavy atom. The van der Waals surface area contributed by atoms with Crippen LogP contribution in [0.4, 0.5) is 4.79 Å². The van der Waals surface area contributed by atoms with E-state index >= 15 is 0 Å². The van der Waals surface area contributed by atoms with Gasteiger partial charge in [-0.1, -0.05) is 19.3 Å². The van der Waals surface area contributed by atoms with Crippen molar-refractivity contribution in [3.05, 3.63) is 15.9 Å². The fraction of sp³-hybridized carbons (Fsp3) is 0.692. The zero-order valence-corrected chi connectivity index (χ0v) is 12.0. The van der Waals surface area contributed by atoms with E-state index in [4.69, 9.17) is 4.74 Å². The molecule has 0 spiro atoms. The van der Waals surface area contributed by atoms with Crippen LogP contribution in [0.15, 0.2) is 10.4 Å². The third-order valence-electron chi connectivity index (χ3n) is 3.37. The van der Waals surface area contributed by atoms with Crippen LogP contribution in [-0.2, 0) is 11.3 Å². The van der Waals surface area contributed by atoms with Crippen LogP contribution in [-0.4, -0.2) is 22.4 Å². The highest BCUT2D eigenvalue weighted by molar-refractivity contribution is 7.07. The van der Waals surface area contributed by atoms with Crippen LogP contribution < -0.4 is 4.80 Å². The maximum absolute atomic E-state index is 11.5. The first kappa shape index (κ1) is 14.3. The van der Waals surface area contributed by atoms with Crippen LogP contribution in [0.3, 0.4) is 0 Å². The summed E-state index contributed by atoms with van der Waals surface area (Å²) in [5.74, 6) is 0. The first-order valence-electron chi connectivity index (χ1n) is 6.77. The molecule has 0 aromatic carbocycles. The van der Waals surface area contributed by atoms with E-state index < -0.39 is 6.09 Å². The van der Waals surface area contributed by atoms with Crippen molar-refractivity contribution in [2.75, 3.05) is 6.61 Å². The lowest BCUT2D eigenvalue weighted by Crippen LogP contribution is -2.26. The van der Waals surface area contributed by atoms with Crippen LogP contribution in [0.25, 0.3) is 0 Å². The molecule has 1 N–H and O–H groups in total. The lowest BCUT2D eigenvalue weighted by Gasteiger charge is -2.24. The molecule has 0 unspecified atom stereocenters. The molecule has 1 aromatic rings. The molecule has 1 aliphatic rings. The molecule has 2 rings (SSSR count). The largest absolute Gasteiger partial charge is 0.448 e. The van der Waals surface area contributed by atoms with Gasteiger partial charge in [-0.25, -0.2) is 4.79 Å². The average molecular weight is 284 g/mol. The van der Waals surface area contributed by atoms with Gasteiger partial charge in [0.1, 0.15) is 0 Å². The highest BCUT2D eigenvalue weighted by Gasteiger charge is 2.19. The summed E-state index contributed by atoms with van der Waals surface area (Å²) in [6.45, 7) is 2.06. The van der Waals surface area contributed by atoms with Crippen molar-refractivity contribution in [2.45, 2.75) is 51.7 Å². The Labute approximate surface area is 116 Å². The van der Waals surface area contributed by atoms with Gasteiger partial charge in [0.2, 0.25) is 0 Å². The second-order valence-electron chi connectivity index (χ2n) is 4.64. The zero-order valence-electron chi connectivity index (χ0n) is 11.2. The maximum atomic E-state index is 11.5. The molecule has 5 nitrogen and oxygen atoms in total. The molecule has 6 heteroatoms. The Kier molecular flexibility index (Phi) is 5.15. The summed E-state index contributed by atoms with van der Waals surface area (Å²) in [4.78, 5) is 16.1. The van der Waals surface area contributed by atoms with E-state index in [-0.39, 0.29) is 6.61 Å². The standard InChI is InChI=1S/C13H20N2O3S/c1-2-18-13(17)14-12-15(11(8-16)9-19-12)10-6-4-3-5-7-10/h9-10,16H,2-8H2,1H3/b14-12-. The molecule has 1 heterocycles. The third-order valence-corrected chi connectivity index (χ3v) is 4.26. The van der Waals surface area contributed by atoms with Gasteiger partial charge in [-0.2, -0.15) is 0 Å². The first-order valence-corrected chi connectivity index (χ1v) is 7.65. The number of aromatic nitrogens is 1. The molecule has 106 valence electrons. The topological polar surface area (TPSA) is 63.8 Å². The first-order chi connectivity index (χ1) is 9.26. The normalized spacial score (nSPS) is 17.7. The maximum Gasteiger partial charge on any atom is 0.436 e. The van der Waals surface area contributed by atoms with E-state index in [9.17, 15) is 9.90 Å². The van der Waals surface area contributed by atoms with Crippen LogP contribution >= 0.6 is 11.3 Å². The summed E-state index contributed by atoms with van der Waals surface area (Å²) in [5.41, 5.74) is 0.833.